The molecule has 0 radical (unpaired) electrons. The van der Waals surface area contributed by atoms with Crippen molar-refractivity contribution in [1.82, 2.24) is 4.98 Å². The van der Waals surface area contributed by atoms with E-state index in [1.807, 2.05) is 19.1 Å². The molecule has 1 heterocycles. The second kappa shape index (κ2) is 8.00. The average molecular weight is 240 g/mol. The summed E-state index contributed by atoms with van der Waals surface area (Å²) in [6, 6.07) is 3.72. The van der Waals surface area contributed by atoms with Crippen LogP contribution in [0.1, 0.15) is 18.5 Å². The number of nitrogens with two attached hydrogens (primary N) is 1. The SMILES string of the molecule is COCCOCCOc1ccc(C(C)N)cn1. The highest BCUT2D eigenvalue weighted by molar-refractivity contribution is 5.19. The molecular formula is C12H20N2O3. The molecule has 0 fully saturated rings. The van der Waals surface area contributed by atoms with Crippen LogP contribution in [0.15, 0.2) is 18.3 Å². The van der Waals surface area contributed by atoms with Crippen molar-refractivity contribution in [2.45, 2.75) is 13.0 Å². The van der Waals surface area contributed by atoms with E-state index in [4.69, 9.17) is 19.9 Å². The zero-order valence-electron chi connectivity index (χ0n) is 10.4. The van der Waals surface area contributed by atoms with Crippen molar-refractivity contribution < 1.29 is 14.2 Å². The molecule has 1 aromatic heterocycles. The summed E-state index contributed by atoms with van der Waals surface area (Å²) in [6.45, 7) is 4.10. The fraction of sp³-hybridized carbons (Fsp3) is 0.583. The van der Waals surface area contributed by atoms with Gasteiger partial charge in [-0.15, -0.1) is 0 Å². The molecule has 0 aliphatic rings. The van der Waals surface area contributed by atoms with Crippen LogP contribution in [-0.4, -0.2) is 38.5 Å². The highest BCUT2D eigenvalue weighted by Crippen LogP contribution is 2.12. The first kappa shape index (κ1) is 13.9. The summed E-state index contributed by atoms with van der Waals surface area (Å²) in [5, 5.41) is 0. The number of pyridine rings is 1. The standard InChI is InChI=1S/C12H20N2O3/c1-10(13)11-3-4-12(14-9-11)17-8-7-16-6-5-15-2/h3-4,9-10H,5-8,13H2,1-2H3. The Labute approximate surface area is 102 Å². The van der Waals surface area contributed by atoms with Crippen molar-refractivity contribution >= 4 is 0 Å². The molecule has 0 amide bonds. The van der Waals surface area contributed by atoms with Gasteiger partial charge >= 0.3 is 0 Å². The molecule has 1 aromatic rings. The van der Waals surface area contributed by atoms with Crippen molar-refractivity contribution in [1.29, 1.82) is 0 Å². The Morgan fingerprint density at radius 3 is 2.59 bits per heavy atom. The summed E-state index contributed by atoms with van der Waals surface area (Å²) in [6.07, 6.45) is 1.73. The van der Waals surface area contributed by atoms with E-state index < -0.39 is 0 Å². The summed E-state index contributed by atoms with van der Waals surface area (Å²) in [5.41, 5.74) is 6.71. The van der Waals surface area contributed by atoms with Gasteiger partial charge in [0.05, 0.1) is 19.8 Å². The van der Waals surface area contributed by atoms with Gasteiger partial charge in [0.25, 0.3) is 0 Å². The zero-order chi connectivity index (χ0) is 12.5. The lowest BCUT2D eigenvalue weighted by Gasteiger charge is -2.08. The van der Waals surface area contributed by atoms with Gasteiger partial charge in [0.15, 0.2) is 0 Å². The van der Waals surface area contributed by atoms with Crippen LogP contribution in [0.3, 0.4) is 0 Å². The molecule has 0 saturated carbocycles. The largest absolute Gasteiger partial charge is 0.475 e. The Balaban J connectivity index is 2.19. The number of hydrogen-bond donors (Lipinski definition) is 1. The minimum absolute atomic E-state index is 0.00562. The highest BCUT2D eigenvalue weighted by Gasteiger charge is 2.00. The molecule has 5 nitrogen and oxygen atoms in total. The van der Waals surface area contributed by atoms with Crippen LogP contribution in [0.2, 0.25) is 0 Å². The average Bonchev–Trinajstić information content (AvgIpc) is 2.34. The Morgan fingerprint density at radius 1 is 1.24 bits per heavy atom. The summed E-state index contributed by atoms with van der Waals surface area (Å²) in [4.78, 5) is 4.15. The van der Waals surface area contributed by atoms with Gasteiger partial charge in [-0.3, -0.25) is 0 Å². The van der Waals surface area contributed by atoms with E-state index in [2.05, 4.69) is 4.98 Å². The highest BCUT2D eigenvalue weighted by atomic mass is 16.5. The minimum atomic E-state index is -0.00562. The predicted octanol–water partition coefficient (Wildman–Crippen LogP) is 1.14. The molecule has 0 saturated heterocycles. The van der Waals surface area contributed by atoms with Gasteiger partial charge in [0.1, 0.15) is 6.61 Å². The third kappa shape index (κ3) is 5.63. The normalized spacial score (nSPS) is 12.4. The molecule has 0 aliphatic carbocycles. The van der Waals surface area contributed by atoms with Crippen LogP contribution in [0.25, 0.3) is 0 Å². The maximum absolute atomic E-state index is 5.72. The number of nitrogens with zero attached hydrogens (tertiary/aromatic N) is 1. The van der Waals surface area contributed by atoms with Crippen LogP contribution < -0.4 is 10.5 Å². The van der Waals surface area contributed by atoms with Gasteiger partial charge in [-0.1, -0.05) is 6.07 Å². The number of hydrogen-bond acceptors (Lipinski definition) is 5. The van der Waals surface area contributed by atoms with Crippen molar-refractivity contribution in [3.8, 4) is 5.88 Å². The van der Waals surface area contributed by atoms with Gasteiger partial charge in [-0.2, -0.15) is 0 Å². The first-order valence-corrected chi connectivity index (χ1v) is 5.65. The van der Waals surface area contributed by atoms with Gasteiger partial charge in [0, 0.05) is 25.4 Å². The predicted molar refractivity (Wildman–Crippen MR) is 65.0 cm³/mol. The first-order chi connectivity index (χ1) is 8.24. The molecule has 2 N–H and O–H groups in total. The first-order valence-electron chi connectivity index (χ1n) is 5.65. The second-order valence-electron chi connectivity index (χ2n) is 3.67. The molecule has 1 rings (SSSR count). The zero-order valence-corrected chi connectivity index (χ0v) is 10.4. The quantitative estimate of drug-likeness (QED) is 0.690. The van der Waals surface area contributed by atoms with Crippen LogP contribution in [0, 0.1) is 0 Å². The molecule has 0 spiro atoms. The minimum Gasteiger partial charge on any atom is -0.475 e. The van der Waals surface area contributed by atoms with E-state index in [9.17, 15) is 0 Å². The van der Waals surface area contributed by atoms with Crippen LogP contribution in [0.4, 0.5) is 0 Å². The Bertz CT molecular complexity index is 301. The van der Waals surface area contributed by atoms with Crippen LogP contribution in [0.5, 0.6) is 5.88 Å². The van der Waals surface area contributed by atoms with Gasteiger partial charge < -0.3 is 19.9 Å². The third-order valence-corrected chi connectivity index (χ3v) is 2.19. The maximum Gasteiger partial charge on any atom is 0.213 e. The topological polar surface area (TPSA) is 66.6 Å². The summed E-state index contributed by atoms with van der Waals surface area (Å²) >= 11 is 0. The number of rotatable bonds is 8. The van der Waals surface area contributed by atoms with Crippen LogP contribution >= 0.6 is 0 Å². The number of methoxy groups -OCH3 is 1. The number of ether oxygens (including phenoxy) is 3. The summed E-state index contributed by atoms with van der Waals surface area (Å²) in [7, 11) is 1.64. The van der Waals surface area contributed by atoms with E-state index in [1.165, 1.54) is 0 Å². The van der Waals surface area contributed by atoms with E-state index >= 15 is 0 Å². The molecule has 0 aromatic carbocycles. The molecule has 5 heteroatoms. The molecule has 1 atom stereocenters. The Morgan fingerprint density at radius 2 is 2.00 bits per heavy atom. The van der Waals surface area contributed by atoms with E-state index in [1.54, 1.807) is 13.3 Å². The Kier molecular flexibility index (Phi) is 6.54. The molecule has 1 unspecified atom stereocenters. The van der Waals surface area contributed by atoms with Crippen molar-refractivity contribution in [3.63, 3.8) is 0 Å². The lowest BCUT2D eigenvalue weighted by Crippen LogP contribution is -2.11. The van der Waals surface area contributed by atoms with Gasteiger partial charge in [-0.25, -0.2) is 4.98 Å². The molecular weight excluding hydrogens is 220 g/mol. The fourth-order valence-corrected chi connectivity index (χ4v) is 1.20. The van der Waals surface area contributed by atoms with Crippen molar-refractivity contribution in [2.75, 3.05) is 33.5 Å². The summed E-state index contributed by atoms with van der Waals surface area (Å²) in [5.74, 6) is 0.588. The molecule has 17 heavy (non-hydrogen) atoms. The number of aromatic nitrogens is 1. The van der Waals surface area contributed by atoms with Crippen molar-refractivity contribution in [2.24, 2.45) is 5.73 Å². The maximum atomic E-state index is 5.72. The fourth-order valence-electron chi connectivity index (χ4n) is 1.20. The summed E-state index contributed by atoms with van der Waals surface area (Å²) < 4.78 is 15.5. The van der Waals surface area contributed by atoms with Gasteiger partial charge in [0.2, 0.25) is 5.88 Å². The van der Waals surface area contributed by atoms with E-state index in [-0.39, 0.29) is 6.04 Å². The van der Waals surface area contributed by atoms with E-state index in [0.29, 0.717) is 32.3 Å². The monoisotopic (exact) mass is 240 g/mol. The smallest absolute Gasteiger partial charge is 0.213 e. The van der Waals surface area contributed by atoms with E-state index in [0.717, 1.165) is 5.56 Å². The molecule has 0 aliphatic heterocycles. The second-order valence-corrected chi connectivity index (χ2v) is 3.67. The van der Waals surface area contributed by atoms with Crippen LogP contribution in [-0.2, 0) is 9.47 Å². The van der Waals surface area contributed by atoms with Gasteiger partial charge in [-0.05, 0) is 12.5 Å². The lowest BCUT2D eigenvalue weighted by molar-refractivity contribution is 0.0537. The van der Waals surface area contributed by atoms with Crippen molar-refractivity contribution in [3.05, 3.63) is 23.9 Å². The lowest BCUT2D eigenvalue weighted by atomic mass is 10.2. The molecule has 0 bridgehead atoms. The molecule has 96 valence electrons. The third-order valence-electron chi connectivity index (χ3n) is 2.19. The Hall–Kier alpha value is -1.17.